The first-order chi connectivity index (χ1) is 11.5. The van der Waals surface area contributed by atoms with Crippen molar-refractivity contribution in [1.82, 2.24) is 10.6 Å². The van der Waals surface area contributed by atoms with Gasteiger partial charge in [0.05, 0.1) is 6.04 Å². The zero-order chi connectivity index (χ0) is 17.5. The fourth-order valence-electron chi connectivity index (χ4n) is 2.93. The lowest BCUT2D eigenvalue weighted by Gasteiger charge is -2.20. The van der Waals surface area contributed by atoms with Crippen LogP contribution in [0.5, 0.6) is 0 Å². The summed E-state index contributed by atoms with van der Waals surface area (Å²) in [6.07, 6.45) is 6.28. The lowest BCUT2D eigenvalue weighted by atomic mass is 9.89. The Labute approximate surface area is 144 Å². The van der Waals surface area contributed by atoms with Crippen LogP contribution >= 0.6 is 0 Å². The standard InChI is InChI=1S/C20H27N3O/c1-14(2)12-22-13-19(11-21)20(24)23-15(3)17-9-8-16-6-4-5-7-18(16)10-17/h8-10,13-15,22H,4-7,12H2,1-3H3,(H,23,24)/b19-13-. The number of benzene rings is 1. The van der Waals surface area contributed by atoms with Crippen molar-refractivity contribution in [3.63, 3.8) is 0 Å². The molecule has 0 saturated heterocycles. The van der Waals surface area contributed by atoms with Gasteiger partial charge in [0.1, 0.15) is 11.6 Å². The molecular weight excluding hydrogens is 298 g/mol. The molecule has 0 radical (unpaired) electrons. The van der Waals surface area contributed by atoms with Crippen LogP contribution < -0.4 is 10.6 Å². The van der Waals surface area contributed by atoms with Gasteiger partial charge in [0.25, 0.3) is 5.91 Å². The summed E-state index contributed by atoms with van der Waals surface area (Å²) in [6.45, 7) is 6.84. The summed E-state index contributed by atoms with van der Waals surface area (Å²) in [7, 11) is 0. The number of fused-ring (bicyclic) bond motifs is 1. The summed E-state index contributed by atoms with van der Waals surface area (Å²) in [6, 6.07) is 8.31. The van der Waals surface area contributed by atoms with E-state index < -0.39 is 0 Å². The Kier molecular flexibility index (Phi) is 6.43. The number of nitrogens with zero attached hydrogens (tertiary/aromatic N) is 1. The van der Waals surface area contributed by atoms with Crippen molar-refractivity contribution in [3.05, 3.63) is 46.7 Å². The highest BCUT2D eigenvalue weighted by atomic mass is 16.1. The van der Waals surface area contributed by atoms with Crippen LogP contribution in [0.4, 0.5) is 0 Å². The van der Waals surface area contributed by atoms with Gasteiger partial charge in [-0.3, -0.25) is 4.79 Å². The summed E-state index contributed by atoms with van der Waals surface area (Å²) < 4.78 is 0. The van der Waals surface area contributed by atoms with Crippen LogP contribution in [0.1, 0.15) is 56.3 Å². The van der Waals surface area contributed by atoms with Gasteiger partial charge in [-0.25, -0.2) is 0 Å². The highest BCUT2D eigenvalue weighted by molar-refractivity contribution is 5.97. The van der Waals surface area contributed by atoms with Crippen LogP contribution in [0.15, 0.2) is 30.0 Å². The maximum atomic E-state index is 12.3. The van der Waals surface area contributed by atoms with Crippen molar-refractivity contribution in [2.24, 2.45) is 5.92 Å². The molecule has 1 aliphatic rings. The monoisotopic (exact) mass is 325 g/mol. The third kappa shape index (κ3) is 4.86. The number of nitriles is 1. The molecule has 0 aliphatic heterocycles. The minimum atomic E-state index is -0.334. The van der Waals surface area contributed by atoms with Crippen molar-refractivity contribution in [1.29, 1.82) is 5.26 Å². The predicted octanol–water partition coefficient (Wildman–Crippen LogP) is 3.40. The number of rotatable bonds is 6. The largest absolute Gasteiger partial charge is 0.389 e. The maximum Gasteiger partial charge on any atom is 0.263 e. The Morgan fingerprint density at radius 3 is 2.62 bits per heavy atom. The molecule has 1 aliphatic carbocycles. The first-order valence-electron chi connectivity index (χ1n) is 8.77. The highest BCUT2D eigenvalue weighted by Gasteiger charge is 2.16. The van der Waals surface area contributed by atoms with Crippen molar-refractivity contribution in [2.75, 3.05) is 6.54 Å². The Hall–Kier alpha value is -2.28. The van der Waals surface area contributed by atoms with Crippen LogP contribution in [0, 0.1) is 17.2 Å². The number of aryl methyl sites for hydroxylation is 2. The molecule has 1 atom stereocenters. The van der Waals surface area contributed by atoms with Crippen molar-refractivity contribution in [2.45, 2.75) is 52.5 Å². The van der Waals surface area contributed by atoms with E-state index >= 15 is 0 Å². The lowest BCUT2D eigenvalue weighted by molar-refractivity contribution is -0.117. The van der Waals surface area contributed by atoms with E-state index in [9.17, 15) is 10.1 Å². The van der Waals surface area contributed by atoms with E-state index in [0.29, 0.717) is 5.92 Å². The number of carbonyl (C=O) groups excluding carboxylic acids is 1. The molecule has 2 rings (SSSR count). The van der Waals surface area contributed by atoms with Crippen LogP contribution in [0.3, 0.4) is 0 Å². The highest BCUT2D eigenvalue weighted by Crippen LogP contribution is 2.24. The molecule has 1 unspecified atom stereocenters. The summed E-state index contributed by atoms with van der Waals surface area (Å²) in [5, 5.41) is 15.1. The van der Waals surface area contributed by atoms with Crippen LogP contribution in [-0.2, 0) is 17.6 Å². The molecule has 1 amide bonds. The molecule has 0 aromatic heterocycles. The average molecular weight is 325 g/mol. The molecule has 0 spiro atoms. The van der Waals surface area contributed by atoms with Crippen molar-refractivity contribution in [3.8, 4) is 6.07 Å². The maximum absolute atomic E-state index is 12.3. The molecule has 1 aromatic carbocycles. The van der Waals surface area contributed by atoms with Gasteiger partial charge >= 0.3 is 0 Å². The molecule has 4 heteroatoms. The van der Waals surface area contributed by atoms with Gasteiger partial charge in [-0.1, -0.05) is 32.0 Å². The smallest absolute Gasteiger partial charge is 0.263 e. The number of amides is 1. The van der Waals surface area contributed by atoms with Crippen LogP contribution in [0.2, 0.25) is 0 Å². The number of hydrogen-bond donors (Lipinski definition) is 2. The summed E-state index contributed by atoms with van der Waals surface area (Å²) in [5.41, 5.74) is 4.03. The molecule has 24 heavy (non-hydrogen) atoms. The van der Waals surface area contributed by atoms with Gasteiger partial charge in [-0.2, -0.15) is 5.26 Å². The van der Waals surface area contributed by atoms with E-state index in [1.54, 1.807) is 0 Å². The number of carbonyl (C=O) groups is 1. The van der Waals surface area contributed by atoms with Gasteiger partial charge in [-0.15, -0.1) is 0 Å². The molecule has 0 heterocycles. The summed E-state index contributed by atoms with van der Waals surface area (Å²) in [4.78, 5) is 12.3. The summed E-state index contributed by atoms with van der Waals surface area (Å²) in [5.74, 6) is 0.123. The minimum absolute atomic E-state index is 0.112. The number of nitrogens with one attached hydrogen (secondary N) is 2. The van der Waals surface area contributed by atoms with Gasteiger partial charge in [-0.05, 0) is 55.2 Å². The molecular formula is C20H27N3O. The zero-order valence-corrected chi connectivity index (χ0v) is 14.9. The second-order valence-corrected chi connectivity index (χ2v) is 6.90. The first-order valence-corrected chi connectivity index (χ1v) is 8.77. The van der Waals surface area contributed by atoms with E-state index in [0.717, 1.165) is 24.9 Å². The molecule has 2 N–H and O–H groups in total. The molecule has 128 valence electrons. The fourth-order valence-corrected chi connectivity index (χ4v) is 2.93. The van der Waals surface area contributed by atoms with Crippen LogP contribution in [-0.4, -0.2) is 12.5 Å². The molecule has 0 fully saturated rings. The van der Waals surface area contributed by atoms with Gasteiger partial charge in [0.15, 0.2) is 0 Å². The average Bonchev–Trinajstić information content (AvgIpc) is 2.57. The second kappa shape index (κ2) is 8.54. The van der Waals surface area contributed by atoms with Gasteiger partial charge in [0.2, 0.25) is 0 Å². The van der Waals surface area contributed by atoms with E-state index in [2.05, 4.69) is 42.7 Å². The molecule has 1 aromatic rings. The normalized spacial score (nSPS) is 15.4. The Morgan fingerprint density at radius 2 is 1.96 bits per heavy atom. The lowest BCUT2D eigenvalue weighted by Crippen LogP contribution is -2.29. The molecule has 4 nitrogen and oxygen atoms in total. The topological polar surface area (TPSA) is 64.9 Å². The minimum Gasteiger partial charge on any atom is -0.389 e. The summed E-state index contributed by atoms with van der Waals surface area (Å²) >= 11 is 0. The third-order valence-electron chi connectivity index (χ3n) is 4.36. The van der Waals surface area contributed by atoms with E-state index in [4.69, 9.17) is 0 Å². The van der Waals surface area contributed by atoms with Crippen molar-refractivity contribution < 1.29 is 4.79 Å². The third-order valence-corrected chi connectivity index (χ3v) is 4.36. The predicted molar refractivity (Wildman–Crippen MR) is 96.2 cm³/mol. The second-order valence-electron chi connectivity index (χ2n) is 6.90. The number of hydrogen-bond acceptors (Lipinski definition) is 3. The molecule has 0 saturated carbocycles. The van der Waals surface area contributed by atoms with Crippen LogP contribution in [0.25, 0.3) is 0 Å². The zero-order valence-electron chi connectivity index (χ0n) is 14.9. The van der Waals surface area contributed by atoms with E-state index in [1.807, 2.05) is 13.0 Å². The SMILES string of the molecule is CC(C)CN/C=C(/C#N)C(=O)NC(C)c1ccc2c(c1)CCCC2. The van der Waals surface area contributed by atoms with Crippen molar-refractivity contribution >= 4 is 5.91 Å². The van der Waals surface area contributed by atoms with Gasteiger partial charge in [0, 0.05) is 12.7 Å². The Bertz CT molecular complexity index is 655. The Morgan fingerprint density at radius 1 is 1.25 bits per heavy atom. The van der Waals surface area contributed by atoms with E-state index in [-0.39, 0.29) is 17.5 Å². The Balaban J connectivity index is 2.01. The van der Waals surface area contributed by atoms with E-state index in [1.165, 1.54) is 30.2 Å². The quantitative estimate of drug-likeness (QED) is 0.622. The van der Waals surface area contributed by atoms with Gasteiger partial charge < -0.3 is 10.6 Å². The first kappa shape index (κ1) is 18.1. The molecule has 0 bridgehead atoms. The fraction of sp³-hybridized carbons (Fsp3) is 0.500.